The third kappa shape index (κ3) is 3.46. The summed E-state index contributed by atoms with van der Waals surface area (Å²) in [5.74, 6) is 0.0719. The van der Waals surface area contributed by atoms with Crippen LogP contribution in [0.15, 0.2) is 12.4 Å². The number of carbonyl (C=O) groups excluding carboxylic acids is 2. The number of amides is 2. The molecule has 2 heterocycles. The lowest BCUT2D eigenvalue weighted by Gasteiger charge is -2.21. The highest BCUT2D eigenvalue weighted by molar-refractivity contribution is 5.76. The van der Waals surface area contributed by atoms with Gasteiger partial charge >= 0.3 is 0 Å². The van der Waals surface area contributed by atoms with Gasteiger partial charge in [0.05, 0.1) is 11.9 Å². The molecular weight excluding hydrogens is 246 g/mol. The molecule has 1 fully saturated rings. The van der Waals surface area contributed by atoms with Crippen molar-refractivity contribution in [3.8, 4) is 0 Å². The minimum atomic E-state index is 0.00787. The number of nitrogens with two attached hydrogens (primary N) is 1. The third-order valence-corrected chi connectivity index (χ3v) is 3.24. The molecule has 19 heavy (non-hydrogen) atoms. The van der Waals surface area contributed by atoms with Crippen molar-refractivity contribution in [1.82, 2.24) is 19.6 Å². The van der Waals surface area contributed by atoms with Crippen LogP contribution in [-0.2, 0) is 16.1 Å². The molecule has 7 heteroatoms. The Morgan fingerprint density at radius 3 is 2.58 bits per heavy atom. The largest absolute Gasteiger partial charge is 0.396 e. The van der Waals surface area contributed by atoms with Crippen molar-refractivity contribution in [2.24, 2.45) is 0 Å². The van der Waals surface area contributed by atoms with Crippen LogP contribution in [0.3, 0.4) is 0 Å². The van der Waals surface area contributed by atoms with Crippen molar-refractivity contribution in [1.29, 1.82) is 0 Å². The van der Waals surface area contributed by atoms with Crippen LogP contribution in [0.5, 0.6) is 0 Å². The first-order valence-corrected chi connectivity index (χ1v) is 6.37. The number of hydrogen-bond acceptors (Lipinski definition) is 4. The highest BCUT2D eigenvalue weighted by atomic mass is 16.2. The lowest BCUT2D eigenvalue weighted by molar-refractivity contribution is -0.133. The Morgan fingerprint density at radius 2 is 1.95 bits per heavy atom. The van der Waals surface area contributed by atoms with Gasteiger partial charge in [-0.3, -0.25) is 14.3 Å². The molecule has 0 spiro atoms. The van der Waals surface area contributed by atoms with Crippen LogP contribution >= 0.6 is 0 Å². The normalized spacial score (nSPS) is 16.3. The molecule has 0 atom stereocenters. The third-order valence-electron chi connectivity index (χ3n) is 3.24. The van der Waals surface area contributed by atoms with Crippen LogP contribution < -0.4 is 5.73 Å². The summed E-state index contributed by atoms with van der Waals surface area (Å²) in [6.07, 6.45) is 3.97. The van der Waals surface area contributed by atoms with Crippen LogP contribution in [-0.4, -0.2) is 57.6 Å². The first-order valence-electron chi connectivity index (χ1n) is 6.37. The smallest absolute Gasteiger partial charge is 0.244 e. The summed E-state index contributed by atoms with van der Waals surface area (Å²) in [5, 5.41) is 4.00. The number of aromatic nitrogens is 2. The van der Waals surface area contributed by atoms with E-state index in [9.17, 15) is 9.59 Å². The van der Waals surface area contributed by atoms with Crippen molar-refractivity contribution < 1.29 is 9.59 Å². The van der Waals surface area contributed by atoms with Crippen molar-refractivity contribution in [3.05, 3.63) is 12.4 Å². The van der Waals surface area contributed by atoms with Gasteiger partial charge in [-0.25, -0.2) is 0 Å². The first-order chi connectivity index (χ1) is 9.06. The Balaban J connectivity index is 1.91. The molecule has 0 unspecified atom stereocenters. The van der Waals surface area contributed by atoms with Gasteiger partial charge in [-0.2, -0.15) is 5.10 Å². The monoisotopic (exact) mass is 265 g/mol. The SMILES string of the molecule is CC(=O)N1CCCN(C(=O)Cn2cc(N)cn2)CC1. The molecular formula is C12H19N5O2. The van der Waals surface area contributed by atoms with Crippen LogP contribution in [0.1, 0.15) is 13.3 Å². The van der Waals surface area contributed by atoms with Crippen molar-refractivity contribution in [3.63, 3.8) is 0 Å². The van der Waals surface area contributed by atoms with E-state index in [0.717, 1.165) is 6.42 Å². The lowest BCUT2D eigenvalue weighted by Crippen LogP contribution is -2.38. The van der Waals surface area contributed by atoms with E-state index in [1.807, 2.05) is 0 Å². The summed E-state index contributed by atoms with van der Waals surface area (Å²) >= 11 is 0. The summed E-state index contributed by atoms with van der Waals surface area (Å²) in [5.41, 5.74) is 6.10. The second-order valence-electron chi connectivity index (χ2n) is 4.71. The zero-order valence-corrected chi connectivity index (χ0v) is 11.1. The summed E-state index contributed by atoms with van der Waals surface area (Å²) in [6.45, 7) is 4.33. The molecule has 0 saturated carbocycles. The van der Waals surface area contributed by atoms with Crippen LogP contribution in [0.2, 0.25) is 0 Å². The second kappa shape index (κ2) is 5.73. The van der Waals surface area contributed by atoms with E-state index >= 15 is 0 Å². The predicted molar refractivity (Wildman–Crippen MR) is 70.1 cm³/mol. The molecule has 1 aromatic rings. The number of carbonyl (C=O) groups is 2. The summed E-state index contributed by atoms with van der Waals surface area (Å²) in [6, 6.07) is 0. The average Bonchev–Trinajstić information content (AvgIpc) is 2.65. The van der Waals surface area contributed by atoms with Gasteiger partial charge in [-0.1, -0.05) is 0 Å². The standard InChI is InChI=1S/C12H19N5O2/c1-10(18)15-3-2-4-16(6-5-15)12(19)9-17-8-11(13)7-14-17/h7-8H,2-6,9,13H2,1H3. The maximum Gasteiger partial charge on any atom is 0.244 e. The Bertz CT molecular complexity index is 470. The van der Waals surface area contributed by atoms with Crippen molar-refractivity contribution in [2.45, 2.75) is 19.9 Å². The minimum absolute atomic E-state index is 0.00787. The Hall–Kier alpha value is -2.05. The van der Waals surface area contributed by atoms with Crippen LogP contribution in [0.4, 0.5) is 5.69 Å². The fourth-order valence-electron chi connectivity index (χ4n) is 2.19. The molecule has 104 valence electrons. The van der Waals surface area contributed by atoms with Gasteiger partial charge in [0.25, 0.3) is 0 Å². The van der Waals surface area contributed by atoms with Gasteiger partial charge in [-0.05, 0) is 6.42 Å². The molecule has 2 rings (SSSR count). The molecule has 2 N–H and O–H groups in total. The van der Waals surface area contributed by atoms with Crippen molar-refractivity contribution >= 4 is 17.5 Å². The number of nitrogens with zero attached hydrogens (tertiary/aromatic N) is 4. The highest BCUT2D eigenvalue weighted by Crippen LogP contribution is 2.05. The molecule has 2 amide bonds. The number of nitrogen functional groups attached to an aromatic ring is 1. The fourth-order valence-corrected chi connectivity index (χ4v) is 2.19. The van der Waals surface area contributed by atoms with Gasteiger partial charge < -0.3 is 15.5 Å². The quantitative estimate of drug-likeness (QED) is 0.784. The zero-order valence-electron chi connectivity index (χ0n) is 11.1. The van der Waals surface area contributed by atoms with E-state index < -0.39 is 0 Å². The summed E-state index contributed by atoms with van der Waals surface area (Å²) in [4.78, 5) is 27.0. The van der Waals surface area contributed by atoms with Gasteiger partial charge in [-0.15, -0.1) is 0 Å². The molecule has 1 saturated heterocycles. The maximum absolute atomic E-state index is 12.1. The van der Waals surface area contributed by atoms with Gasteiger partial charge in [0, 0.05) is 39.3 Å². The van der Waals surface area contributed by atoms with Gasteiger partial charge in [0.1, 0.15) is 6.54 Å². The number of hydrogen-bond donors (Lipinski definition) is 1. The van der Waals surface area contributed by atoms with E-state index in [2.05, 4.69) is 5.10 Å². The van der Waals surface area contributed by atoms with Gasteiger partial charge in [0.15, 0.2) is 0 Å². The van der Waals surface area contributed by atoms with E-state index in [-0.39, 0.29) is 18.4 Å². The lowest BCUT2D eigenvalue weighted by atomic mass is 10.3. The fraction of sp³-hybridized carbons (Fsp3) is 0.583. The predicted octanol–water partition coefficient (Wildman–Crippen LogP) is -0.454. The number of anilines is 1. The van der Waals surface area contributed by atoms with Crippen LogP contribution in [0, 0.1) is 0 Å². The molecule has 1 aliphatic rings. The molecule has 1 aliphatic heterocycles. The molecule has 1 aromatic heterocycles. The Labute approximate surface area is 111 Å². The number of rotatable bonds is 2. The molecule has 0 aromatic carbocycles. The topological polar surface area (TPSA) is 84.5 Å². The van der Waals surface area contributed by atoms with Crippen LogP contribution in [0.25, 0.3) is 0 Å². The molecule has 0 radical (unpaired) electrons. The zero-order chi connectivity index (χ0) is 13.8. The Morgan fingerprint density at radius 1 is 1.26 bits per heavy atom. The summed E-state index contributed by atoms with van der Waals surface area (Å²) < 4.78 is 1.53. The van der Waals surface area contributed by atoms with E-state index in [0.29, 0.717) is 31.9 Å². The first kappa shape index (κ1) is 13.4. The van der Waals surface area contributed by atoms with E-state index in [4.69, 9.17) is 5.73 Å². The second-order valence-corrected chi connectivity index (χ2v) is 4.71. The molecule has 0 aliphatic carbocycles. The molecule has 7 nitrogen and oxygen atoms in total. The maximum atomic E-state index is 12.1. The van der Waals surface area contributed by atoms with Crippen molar-refractivity contribution in [2.75, 3.05) is 31.9 Å². The highest BCUT2D eigenvalue weighted by Gasteiger charge is 2.20. The Kier molecular flexibility index (Phi) is 4.03. The van der Waals surface area contributed by atoms with E-state index in [1.54, 1.807) is 22.9 Å². The minimum Gasteiger partial charge on any atom is -0.396 e. The van der Waals surface area contributed by atoms with E-state index in [1.165, 1.54) is 10.9 Å². The summed E-state index contributed by atoms with van der Waals surface area (Å²) in [7, 11) is 0. The van der Waals surface area contributed by atoms with Gasteiger partial charge in [0.2, 0.25) is 11.8 Å². The average molecular weight is 265 g/mol. The molecule has 0 bridgehead atoms.